The van der Waals surface area contributed by atoms with Crippen molar-refractivity contribution < 1.29 is 14.2 Å². The predicted octanol–water partition coefficient (Wildman–Crippen LogP) is 2.68. The van der Waals surface area contributed by atoms with E-state index in [4.69, 9.17) is 19.9 Å². The van der Waals surface area contributed by atoms with Gasteiger partial charge in [-0.05, 0) is 35.4 Å². The molecule has 0 saturated heterocycles. The van der Waals surface area contributed by atoms with E-state index in [0.29, 0.717) is 23.8 Å². The van der Waals surface area contributed by atoms with Crippen molar-refractivity contribution >= 4 is 11.0 Å². The molecular weight excluding hydrogens is 306 g/mol. The standard InChI is InChI=1S/C18H21N3O3/c1-22-15-7-11(8-16(23-2)17(15)24-3)13(9-19)14-10-21-18-12(14)5-4-6-20-18/h4-8,10,13H,9,19H2,1-3H3,(H,20,21). The van der Waals surface area contributed by atoms with E-state index >= 15 is 0 Å². The minimum absolute atomic E-state index is 0.0170. The molecule has 24 heavy (non-hydrogen) atoms. The number of pyridine rings is 1. The maximum absolute atomic E-state index is 6.09. The first-order valence-corrected chi connectivity index (χ1v) is 7.65. The lowest BCUT2D eigenvalue weighted by Crippen LogP contribution is -2.14. The fourth-order valence-electron chi connectivity index (χ4n) is 3.01. The number of nitrogens with two attached hydrogens (primary N) is 1. The Labute approximate surface area is 140 Å². The average Bonchev–Trinajstić information content (AvgIpc) is 3.05. The molecule has 6 nitrogen and oxygen atoms in total. The Balaban J connectivity index is 2.14. The van der Waals surface area contributed by atoms with Crippen LogP contribution in [0.3, 0.4) is 0 Å². The molecule has 1 unspecified atom stereocenters. The summed E-state index contributed by atoms with van der Waals surface area (Å²) in [7, 11) is 4.80. The number of nitrogens with zero attached hydrogens (tertiary/aromatic N) is 1. The van der Waals surface area contributed by atoms with E-state index in [-0.39, 0.29) is 5.92 Å². The number of ether oxygens (including phenoxy) is 3. The van der Waals surface area contributed by atoms with Crippen molar-refractivity contribution in [1.29, 1.82) is 0 Å². The lowest BCUT2D eigenvalue weighted by Gasteiger charge is -2.19. The summed E-state index contributed by atoms with van der Waals surface area (Å²) >= 11 is 0. The number of fused-ring (bicyclic) bond motifs is 1. The molecule has 0 saturated carbocycles. The van der Waals surface area contributed by atoms with Crippen LogP contribution in [0.25, 0.3) is 11.0 Å². The zero-order valence-electron chi connectivity index (χ0n) is 14.0. The number of nitrogens with one attached hydrogen (secondary N) is 1. The fraction of sp³-hybridized carbons (Fsp3) is 0.278. The zero-order chi connectivity index (χ0) is 17.1. The molecule has 6 heteroatoms. The topological polar surface area (TPSA) is 82.4 Å². The Hall–Kier alpha value is -2.73. The van der Waals surface area contributed by atoms with Gasteiger partial charge in [-0.15, -0.1) is 0 Å². The third-order valence-corrected chi connectivity index (χ3v) is 4.18. The van der Waals surface area contributed by atoms with Crippen molar-refractivity contribution in [3.05, 3.63) is 47.8 Å². The highest BCUT2D eigenvalue weighted by molar-refractivity contribution is 5.81. The molecule has 0 amide bonds. The van der Waals surface area contributed by atoms with Crippen molar-refractivity contribution in [2.24, 2.45) is 5.73 Å². The maximum atomic E-state index is 6.09. The molecule has 0 aliphatic heterocycles. The second-order valence-electron chi connectivity index (χ2n) is 5.39. The van der Waals surface area contributed by atoms with E-state index in [1.54, 1.807) is 27.5 Å². The minimum Gasteiger partial charge on any atom is -0.493 e. The molecule has 3 N–H and O–H groups in total. The number of aromatic amines is 1. The minimum atomic E-state index is -0.0170. The number of aromatic nitrogens is 2. The van der Waals surface area contributed by atoms with E-state index in [1.807, 2.05) is 30.5 Å². The molecule has 0 spiro atoms. The number of methoxy groups -OCH3 is 3. The van der Waals surface area contributed by atoms with Crippen LogP contribution in [-0.2, 0) is 0 Å². The normalized spacial score (nSPS) is 12.2. The van der Waals surface area contributed by atoms with Gasteiger partial charge in [0.25, 0.3) is 0 Å². The van der Waals surface area contributed by atoms with Crippen LogP contribution in [-0.4, -0.2) is 37.8 Å². The Morgan fingerprint density at radius 2 is 1.83 bits per heavy atom. The highest BCUT2D eigenvalue weighted by Crippen LogP contribution is 2.41. The number of hydrogen-bond acceptors (Lipinski definition) is 5. The first-order valence-electron chi connectivity index (χ1n) is 7.65. The molecule has 2 heterocycles. The van der Waals surface area contributed by atoms with Gasteiger partial charge in [-0.25, -0.2) is 4.98 Å². The zero-order valence-corrected chi connectivity index (χ0v) is 14.0. The summed E-state index contributed by atoms with van der Waals surface area (Å²) in [4.78, 5) is 7.54. The van der Waals surface area contributed by atoms with Crippen molar-refractivity contribution in [1.82, 2.24) is 9.97 Å². The molecule has 3 aromatic rings. The molecule has 126 valence electrons. The molecule has 1 atom stereocenters. The number of rotatable bonds is 6. The van der Waals surface area contributed by atoms with Gasteiger partial charge in [0.2, 0.25) is 5.75 Å². The largest absolute Gasteiger partial charge is 0.493 e. The first kappa shape index (κ1) is 16.1. The summed E-state index contributed by atoms with van der Waals surface area (Å²) in [6.07, 6.45) is 3.72. The molecule has 2 aromatic heterocycles. The third kappa shape index (κ3) is 2.65. The van der Waals surface area contributed by atoms with E-state index in [9.17, 15) is 0 Å². The average molecular weight is 327 g/mol. The summed E-state index contributed by atoms with van der Waals surface area (Å²) in [5.74, 6) is 1.78. The van der Waals surface area contributed by atoms with Crippen LogP contribution in [0.2, 0.25) is 0 Å². The van der Waals surface area contributed by atoms with Gasteiger partial charge in [-0.2, -0.15) is 0 Å². The Kier molecular flexibility index (Phi) is 4.57. The molecule has 1 aromatic carbocycles. The van der Waals surface area contributed by atoms with Crippen molar-refractivity contribution in [3.8, 4) is 17.2 Å². The monoisotopic (exact) mass is 327 g/mol. The van der Waals surface area contributed by atoms with Gasteiger partial charge in [0.1, 0.15) is 5.65 Å². The lowest BCUT2D eigenvalue weighted by atomic mass is 9.91. The predicted molar refractivity (Wildman–Crippen MR) is 93.1 cm³/mol. The van der Waals surface area contributed by atoms with Gasteiger partial charge in [-0.3, -0.25) is 0 Å². The summed E-state index contributed by atoms with van der Waals surface area (Å²) in [5, 5.41) is 1.06. The quantitative estimate of drug-likeness (QED) is 0.727. The SMILES string of the molecule is COc1cc(C(CN)c2c[nH]c3ncccc23)cc(OC)c1OC. The van der Waals surface area contributed by atoms with Crippen molar-refractivity contribution in [3.63, 3.8) is 0 Å². The van der Waals surface area contributed by atoms with Crippen LogP contribution in [0.15, 0.2) is 36.7 Å². The second-order valence-corrected chi connectivity index (χ2v) is 5.39. The molecule has 3 rings (SSSR count). The van der Waals surface area contributed by atoms with E-state index in [2.05, 4.69) is 9.97 Å². The van der Waals surface area contributed by atoms with Crippen LogP contribution in [0.5, 0.6) is 17.2 Å². The van der Waals surface area contributed by atoms with Gasteiger partial charge in [0.15, 0.2) is 11.5 Å². The number of benzene rings is 1. The summed E-state index contributed by atoms with van der Waals surface area (Å²) in [6.45, 7) is 0.445. The molecule has 0 aliphatic rings. The highest BCUT2D eigenvalue weighted by atomic mass is 16.5. The number of hydrogen-bond donors (Lipinski definition) is 2. The molecule has 0 bridgehead atoms. The maximum Gasteiger partial charge on any atom is 0.203 e. The van der Waals surface area contributed by atoms with Crippen LogP contribution in [0.4, 0.5) is 0 Å². The smallest absolute Gasteiger partial charge is 0.203 e. The lowest BCUT2D eigenvalue weighted by molar-refractivity contribution is 0.323. The van der Waals surface area contributed by atoms with Gasteiger partial charge in [-0.1, -0.05) is 0 Å². The Bertz CT molecular complexity index is 819. The van der Waals surface area contributed by atoms with Crippen molar-refractivity contribution in [2.45, 2.75) is 5.92 Å². The molecule has 0 aliphatic carbocycles. The third-order valence-electron chi connectivity index (χ3n) is 4.18. The summed E-state index contributed by atoms with van der Waals surface area (Å²) < 4.78 is 16.3. The molecular formula is C18H21N3O3. The molecule has 0 radical (unpaired) electrons. The highest BCUT2D eigenvalue weighted by Gasteiger charge is 2.21. The van der Waals surface area contributed by atoms with Gasteiger partial charge in [0, 0.05) is 30.2 Å². The van der Waals surface area contributed by atoms with E-state index in [1.165, 1.54) is 0 Å². The van der Waals surface area contributed by atoms with Gasteiger partial charge in [0.05, 0.1) is 21.3 Å². The van der Waals surface area contributed by atoms with Crippen LogP contribution in [0.1, 0.15) is 17.0 Å². The van der Waals surface area contributed by atoms with Gasteiger partial charge < -0.3 is 24.9 Å². The van der Waals surface area contributed by atoms with Crippen LogP contribution in [0, 0.1) is 0 Å². The van der Waals surface area contributed by atoms with Gasteiger partial charge >= 0.3 is 0 Å². The van der Waals surface area contributed by atoms with E-state index in [0.717, 1.165) is 22.2 Å². The first-order chi connectivity index (χ1) is 11.7. The molecule has 0 fully saturated rings. The second kappa shape index (κ2) is 6.80. The summed E-state index contributed by atoms with van der Waals surface area (Å²) in [5.41, 5.74) is 9.03. The van der Waals surface area contributed by atoms with Crippen molar-refractivity contribution in [2.75, 3.05) is 27.9 Å². The fourth-order valence-corrected chi connectivity index (χ4v) is 3.01. The Morgan fingerprint density at radius 3 is 2.42 bits per heavy atom. The van der Waals surface area contributed by atoms with E-state index < -0.39 is 0 Å². The summed E-state index contributed by atoms with van der Waals surface area (Å²) in [6, 6.07) is 7.83. The van der Waals surface area contributed by atoms with Crippen LogP contribution >= 0.6 is 0 Å². The number of H-pyrrole nitrogens is 1. The Morgan fingerprint density at radius 1 is 1.12 bits per heavy atom. The van der Waals surface area contributed by atoms with Crippen LogP contribution < -0.4 is 19.9 Å².